The number of nitrogens with zero attached hydrogens (tertiary/aromatic N) is 4. The molecule has 23 heavy (non-hydrogen) atoms. The number of guanidine groups is 1. The first-order chi connectivity index (χ1) is 11.0. The Hall–Kier alpha value is -2.44. The molecule has 0 spiro atoms. The van der Waals surface area contributed by atoms with E-state index in [-0.39, 0.29) is 5.82 Å². The molecule has 2 N–H and O–H groups in total. The smallest absolute Gasteiger partial charge is 0.191 e. The van der Waals surface area contributed by atoms with Crippen LogP contribution in [-0.2, 0) is 20.1 Å². The van der Waals surface area contributed by atoms with Gasteiger partial charge >= 0.3 is 0 Å². The Morgan fingerprint density at radius 2 is 2.04 bits per heavy atom. The van der Waals surface area contributed by atoms with E-state index in [1.54, 1.807) is 13.0 Å². The Balaban J connectivity index is 2.01. The number of rotatable bonds is 5. The van der Waals surface area contributed by atoms with Crippen molar-refractivity contribution in [3.05, 3.63) is 46.8 Å². The average Bonchev–Trinajstić information content (AvgIpc) is 2.85. The maximum absolute atomic E-state index is 13.3. The van der Waals surface area contributed by atoms with E-state index in [1.807, 2.05) is 31.5 Å². The summed E-state index contributed by atoms with van der Waals surface area (Å²) >= 11 is 0. The summed E-state index contributed by atoms with van der Waals surface area (Å²) in [7, 11) is 1.93. The Kier molecular flexibility index (Phi) is 5.67. The van der Waals surface area contributed by atoms with Gasteiger partial charge in [-0.2, -0.15) is 0 Å². The molecule has 0 saturated carbocycles. The Labute approximate surface area is 135 Å². The number of aromatic nitrogens is 3. The Bertz CT molecular complexity index is 692. The van der Waals surface area contributed by atoms with Gasteiger partial charge in [0.25, 0.3) is 0 Å². The van der Waals surface area contributed by atoms with E-state index in [2.05, 4.69) is 25.8 Å². The molecule has 0 amide bonds. The number of aryl methyl sites for hydroxylation is 2. The number of hydrogen-bond acceptors (Lipinski definition) is 3. The molecule has 0 aliphatic rings. The van der Waals surface area contributed by atoms with E-state index in [9.17, 15) is 4.39 Å². The molecule has 0 fully saturated rings. The molecule has 1 aromatic heterocycles. The second kappa shape index (κ2) is 7.71. The molecule has 0 bridgehead atoms. The van der Waals surface area contributed by atoms with Crippen molar-refractivity contribution in [3.63, 3.8) is 0 Å². The minimum atomic E-state index is -0.194. The van der Waals surface area contributed by atoms with Crippen LogP contribution in [0.25, 0.3) is 0 Å². The fraction of sp³-hybridized carbons (Fsp3) is 0.438. The van der Waals surface area contributed by atoms with Crippen LogP contribution < -0.4 is 10.6 Å². The standard InChI is InChI=1S/C16H23FN6/c1-5-18-16(20-10-15-22-21-12(3)23(15)4)19-9-13-6-7-14(17)11(2)8-13/h6-8H,5,9-10H2,1-4H3,(H2,18,19,20). The molecule has 6 nitrogen and oxygen atoms in total. The lowest BCUT2D eigenvalue weighted by Gasteiger charge is -2.11. The molecule has 0 saturated heterocycles. The predicted octanol–water partition coefficient (Wildman–Crippen LogP) is 1.83. The lowest BCUT2D eigenvalue weighted by Crippen LogP contribution is -2.37. The number of nitrogens with one attached hydrogen (secondary N) is 2. The molecule has 1 heterocycles. The van der Waals surface area contributed by atoms with Gasteiger partial charge in [0.2, 0.25) is 0 Å². The van der Waals surface area contributed by atoms with Crippen LogP contribution in [0.1, 0.15) is 29.7 Å². The first-order valence-corrected chi connectivity index (χ1v) is 7.63. The van der Waals surface area contributed by atoms with E-state index in [0.717, 1.165) is 23.8 Å². The molecule has 124 valence electrons. The summed E-state index contributed by atoms with van der Waals surface area (Å²) in [5.41, 5.74) is 1.60. The van der Waals surface area contributed by atoms with Crippen molar-refractivity contribution in [2.45, 2.75) is 33.9 Å². The van der Waals surface area contributed by atoms with E-state index in [4.69, 9.17) is 0 Å². The highest BCUT2D eigenvalue weighted by molar-refractivity contribution is 5.79. The van der Waals surface area contributed by atoms with Crippen molar-refractivity contribution in [2.24, 2.45) is 12.0 Å². The average molecular weight is 318 g/mol. The fourth-order valence-electron chi connectivity index (χ4n) is 2.08. The van der Waals surface area contributed by atoms with Crippen molar-refractivity contribution in [2.75, 3.05) is 6.54 Å². The van der Waals surface area contributed by atoms with Gasteiger partial charge in [-0.05, 0) is 38.0 Å². The van der Waals surface area contributed by atoms with Crippen molar-refractivity contribution < 1.29 is 4.39 Å². The molecule has 0 aliphatic carbocycles. The number of benzene rings is 1. The third-order valence-corrected chi connectivity index (χ3v) is 3.58. The number of aliphatic imine (C=N–C) groups is 1. The summed E-state index contributed by atoms with van der Waals surface area (Å²) in [5, 5.41) is 14.6. The van der Waals surface area contributed by atoms with E-state index >= 15 is 0 Å². The van der Waals surface area contributed by atoms with Crippen LogP contribution in [0.15, 0.2) is 23.2 Å². The van der Waals surface area contributed by atoms with Crippen LogP contribution in [0.3, 0.4) is 0 Å². The van der Waals surface area contributed by atoms with Gasteiger partial charge in [0, 0.05) is 13.6 Å². The molecule has 2 aromatic rings. The van der Waals surface area contributed by atoms with Gasteiger partial charge in [-0.15, -0.1) is 10.2 Å². The predicted molar refractivity (Wildman–Crippen MR) is 88.5 cm³/mol. The van der Waals surface area contributed by atoms with E-state index in [1.165, 1.54) is 6.07 Å². The molecule has 0 aliphatic heterocycles. The minimum absolute atomic E-state index is 0.194. The molecule has 1 aromatic carbocycles. The molecular weight excluding hydrogens is 295 g/mol. The fourth-order valence-corrected chi connectivity index (χ4v) is 2.08. The van der Waals surface area contributed by atoms with Gasteiger partial charge in [0.1, 0.15) is 11.6 Å². The molecule has 0 radical (unpaired) electrons. The quantitative estimate of drug-likeness (QED) is 0.652. The van der Waals surface area contributed by atoms with Crippen molar-refractivity contribution >= 4 is 5.96 Å². The van der Waals surface area contributed by atoms with E-state index in [0.29, 0.717) is 24.6 Å². The summed E-state index contributed by atoms with van der Waals surface area (Å²) in [6.45, 7) is 7.44. The second-order valence-corrected chi connectivity index (χ2v) is 5.35. The zero-order valence-corrected chi connectivity index (χ0v) is 14.0. The zero-order chi connectivity index (χ0) is 16.8. The van der Waals surface area contributed by atoms with Crippen molar-refractivity contribution in [1.29, 1.82) is 0 Å². The SMILES string of the molecule is CCNC(=NCc1ccc(F)c(C)c1)NCc1nnc(C)n1C. The topological polar surface area (TPSA) is 67.1 Å². The second-order valence-electron chi connectivity index (χ2n) is 5.35. The van der Waals surface area contributed by atoms with Gasteiger partial charge in [-0.1, -0.05) is 12.1 Å². The third kappa shape index (κ3) is 4.51. The van der Waals surface area contributed by atoms with Gasteiger partial charge in [-0.3, -0.25) is 0 Å². The van der Waals surface area contributed by atoms with Crippen molar-refractivity contribution in [1.82, 2.24) is 25.4 Å². The van der Waals surface area contributed by atoms with Crippen LogP contribution in [0.2, 0.25) is 0 Å². The summed E-state index contributed by atoms with van der Waals surface area (Å²) < 4.78 is 15.2. The zero-order valence-electron chi connectivity index (χ0n) is 14.0. The number of halogens is 1. The summed E-state index contributed by atoms with van der Waals surface area (Å²) in [6, 6.07) is 5.04. The Morgan fingerprint density at radius 3 is 2.65 bits per heavy atom. The minimum Gasteiger partial charge on any atom is -0.357 e. The maximum Gasteiger partial charge on any atom is 0.191 e. The molecule has 7 heteroatoms. The highest BCUT2D eigenvalue weighted by Gasteiger charge is 2.06. The van der Waals surface area contributed by atoms with Gasteiger partial charge in [0.05, 0.1) is 13.1 Å². The maximum atomic E-state index is 13.3. The summed E-state index contributed by atoms with van der Waals surface area (Å²) in [6.07, 6.45) is 0. The number of hydrogen-bond donors (Lipinski definition) is 2. The summed E-state index contributed by atoms with van der Waals surface area (Å²) in [5.74, 6) is 2.20. The first kappa shape index (κ1) is 16.9. The lowest BCUT2D eigenvalue weighted by atomic mass is 10.1. The van der Waals surface area contributed by atoms with Crippen LogP contribution in [-0.4, -0.2) is 27.3 Å². The van der Waals surface area contributed by atoms with Gasteiger partial charge in [-0.25, -0.2) is 9.38 Å². The van der Waals surface area contributed by atoms with Crippen molar-refractivity contribution in [3.8, 4) is 0 Å². The molecule has 0 unspecified atom stereocenters. The summed E-state index contributed by atoms with van der Waals surface area (Å²) in [4.78, 5) is 4.52. The van der Waals surface area contributed by atoms with Crippen LogP contribution in [0.5, 0.6) is 0 Å². The van der Waals surface area contributed by atoms with Gasteiger partial charge in [0.15, 0.2) is 11.8 Å². The monoisotopic (exact) mass is 318 g/mol. The Morgan fingerprint density at radius 1 is 1.26 bits per heavy atom. The molecule has 2 rings (SSSR count). The largest absolute Gasteiger partial charge is 0.357 e. The van der Waals surface area contributed by atoms with Crippen LogP contribution in [0.4, 0.5) is 4.39 Å². The highest BCUT2D eigenvalue weighted by atomic mass is 19.1. The highest BCUT2D eigenvalue weighted by Crippen LogP contribution is 2.10. The van der Waals surface area contributed by atoms with Gasteiger partial charge < -0.3 is 15.2 Å². The van der Waals surface area contributed by atoms with Crippen LogP contribution in [0, 0.1) is 19.7 Å². The third-order valence-electron chi connectivity index (χ3n) is 3.58. The van der Waals surface area contributed by atoms with E-state index < -0.39 is 0 Å². The molecule has 0 atom stereocenters. The van der Waals surface area contributed by atoms with Crippen LogP contribution >= 0.6 is 0 Å². The molecular formula is C16H23FN6. The lowest BCUT2D eigenvalue weighted by molar-refractivity contribution is 0.617. The first-order valence-electron chi connectivity index (χ1n) is 7.63. The normalized spacial score (nSPS) is 11.6.